The molecule has 33 heavy (non-hydrogen) atoms. The van der Waals surface area contributed by atoms with Crippen molar-refractivity contribution in [3.63, 3.8) is 0 Å². The second-order valence-corrected chi connectivity index (χ2v) is 9.79. The predicted octanol–water partition coefficient (Wildman–Crippen LogP) is 1.89. The van der Waals surface area contributed by atoms with Gasteiger partial charge in [0.1, 0.15) is 5.82 Å². The second-order valence-electron chi connectivity index (χ2n) is 7.86. The maximum absolute atomic E-state index is 13.0. The van der Waals surface area contributed by atoms with Crippen molar-refractivity contribution in [3.8, 4) is 0 Å². The van der Waals surface area contributed by atoms with E-state index < -0.39 is 28.1 Å². The number of imidazole rings is 1. The minimum atomic E-state index is -3.64. The van der Waals surface area contributed by atoms with Crippen LogP contribution < -0.4 is 0 Å². The first-order valence-electron chi connectivity index (χ1n) is 11.1. The average Bonchev–Trinajstić information content (AvgIpc) is 3.17. The Bertz CT molecular complexity index is 1090. The molecular formula is C22H31N3O7S. The molecule has 1 saturated heterocycles. The van der Waals surface area contributed by atoms with Crippen LogP contribution in [-0.2, 0) is 46.8 Å². The summed E-state index contributed by atoms with van der Waals surface area (Å²) in [6.45, 7) is 5.63. The van der Waals surface area contributed by atoms with Gasteiger partial charge in [0.05, 0.1) is 42.7 Å². The molecule has 0 radical (unpaired) electrons. The Kier molecular flexibility index (Phi) is 8.44. The minimum absolute atomic E-state index is 0.0374. The third-order valence-electron chi connectivity index (χ3n) is 5.54. The molecule has 0 N–H and O–H groups in total. The van der Waals surface area contributed by atoms with Crippen LogP contribution >= 0.6 is 0 Å². The van der Waals surface area contributed by atoms with Gasteiger partial charge < -0.3 is 18.8 Å². The molecule has 0 bridgehead atoms. The topological polar surface area (TPSA) is 117 Å². The summed E-state index contributed by atoms with van der Waals surface area (Å²) in [4.78, 5) is 28.5. The molecule has 0 aliphatic carbocycles. The summed E-state index contributed by atoms with van der Waals surface area (Å²) in [5.41, 5.74) is 1.38. The van der Waals surface area contributed by atoms with Crippen molar-refractivity contribution in [1.82, 2.24) is 13.9 Å². The first-order valence-corrected chi connectivity index (χ1v) is 12.6. The van der Waals surface area contributed by atoms with E-state index in [2.05, 4.69) is 16.6 Å². The number of ether oxygens (including phenoxy) is 3. The van der Waals surface area contributed by atoms with Crippen molar-refractivity contribution in [2.75, 3.05) is 33.4 Å². The van der Waals surface area contributed by atoms with Crippen LogP contribution in [0.4, 0.5) is 0 Å². The average molecular weight is 482 g/mol. The van der Waals surface area contributed by atoms with E-state index in [1.807, 2.05) is 4.57 Å². The van der Waals surface area contributed by atoms with Crippen LogP contribution in [0.3, 0.4) is 0 Å². The van der Waals surface area contributed by atoms with Gasteiger partial charge in [-0.1, -0.05) is 13.3 Å². The number of esters is 2. The number of sulfonamides is 1. The zero-order chi connectivity index (χ0) is 24.0. The molecule has 1 aliphatic rings. The summed E-state index contributed by atoms with van der Waals surface area (Å²) in [5, 5.41) is 0. The molecule has 10 nitrogen and oxygen atoms in total. The SMILES string of the molecule is CCCCn1c(CCC(=O)OC(C)C(=O)OC)nc2cc(S(=O)(=O)N3CCOCC3)ccc21. The van der Waals surface area contributed by atoms with Gasteiger partial charge >= 0.3 is 11.9 Å². The molecule has 1 fully saturated rings. The van der Waals surface area contributed by atoms with Crippen molar-refractivity contribution < 1.29 is 32.2 Å². The molecular weight excluding hydrogens is 450 g/mol. The van der Waals surface area contributed by atoms with Gasteiger partial charge in [-0.2, -0.15) is 4.31 Å². The van der Waals surface area contributed by atoms with Gasteiger partial charge in [0, 0.05) is 26.1 Å². The number of rotatable bonds is 10. The maximum atomic E-state index is 13.0. The smallest absolute Gasteiger partial charge is 0.346 e. The minimum Gasteiger partial charge on any atom is -0.466 e. The number of carbonyl (C=O) groups is 2. The standard InChI is InChI=1S/C22H31N3O7S/c1-4-5-10-25-19-7-6-17(33(28,29)24-11-13-31-14-12-24)15-18(19)23-20(25)8-9-21(26)32-16(2)22(27)30-3/h6-7,15-16H,4-5,8-14H2,1-3H3. The van der Waals surface area contributed by atoms with Crippen molar-refractivity contribution in [2.24, 2.45) is 0 Å². The Morgan fingerprint density at radius 3 is 2.64 bits per heavy atom. The van der Waals surface area contributed by atoms with E-state index in [4.69, 9.17) is 9.47 Å². The molecule has 11 heteroatoms. The summed E-state index contributed by atoms with van der Waals surface area (Å²) in [6, 6.07) is 4.96. The van der Waals surface area contributed by atoms with E-state index in [-0.39, 0.29) is 11.3 Å². The number of carbonyl (C=O) groups excluding carboxylic acids is 2. The first-order chi connectivity index (χ1) is 15.8. The number of aromatic nitrogens is 2. The van der Waals surface area contributed by atoms with E-state index in [1.165, 1.54) is 18.3 Å². The summed E-state index contributed by atoms with van der Waals surface area (Å²) >= 11 is 0. The molecule has 0 amide bonds. The number of hydrogen-bond donors (Lipinski definition) is 0. The number of fused-ring (bicyclic) bond motifs is 1. The molecule has 1 aromatic heterocycles. The van der Waals surface area contributed by atoms with E-state index in [1.54, 1.807) is 18.2 Å². The highest BCUT2D eigenvalue weighted by Crippen LogP contribution is 2.24. The first kappa shape index (κ1) is 25.1. The Labute approximate surface area is 193 Å². The highest BCUT2D eigenvalue weighted by atomic mass is 32.2. The zero-order valence-corrected chi connectivity index (χ0v) is 20.1. The largest absolute Gasteiger partial charge is 0.466 e. The van der Waals surface area contributed by atoms with Crippen LogP contribution in [0.2, 0.25) is 0 Å². The number of nitrogens with zero attached hydrogens (tertiary/aromatic N) is 3. The quantitative estimate of drug-likeness (QED) is 0.472. The Hall–Kier alpha value is -2.50. The Morgan fingerprint density at radius 2 is 1.97 bits per heavy atom. The van der Waals surface area contributed by atoms with E-state index in [9.17, 15) is 18.0 Å². The molecule has 1 unspecified atom stereocenters. The van der Waals surface area contributed by atoms with Crippen molar-refractivity contribution in [1.29, 1.82) is 0 Å². The van der Waals surface area contributed by atoms with Gasteiger partial charge in [-0.15, -0.1) is 0 Å². The summed E-state index contributed by atoms with van der Waals surface area (Å²) in [5.74, 6) is -0.479. The lowest BCUT2D eigenvalue weighted by Gasteiger charge is -2.26. The lowest BCUT2D eigenvalue weighted by atomic mass is 10.2. The summed E-state index contributed by atoms with van der Waals surface area (Å²) in [7, 11) is -2.41. The van der Waals surface area contributed by atoms with Crippen molar-refractivity contribution in [2.45, 2.75) is 57.1 Å². The van der Waals surface area contributed by atoms with Gasteiger partial charge in [0.25, 0.3) is 0 Å². The monoisotopic (exact) mass is 481 g/mol. The molecule has 2 aromatic rings. The maximum Gasteiger partial charge on any atom is 0.346 e. The molecule has 0 spiro atoms. The number of unbranched alkanes of at least 4 members (excludes halogenated alkanes) is 1. The van der Waals surface area contributed by atoms with Crippen LogP contribution in [0.15, 0.2) is 23.1 Å². The molecule has 3 rings (SSSR count). The fourth-order valence-electron chi connectivity index (χ4n) is 3.70. The predicted molar refractivity (Wildman–Crippen MR) is 120 cm³/mol. The third-order valence-corrected chi connectivity index (χ3v) is 7.43. The number of hydrogen-bond acceptors (Lipinski definition) is 8. The number of morpholine rings is 1. The third kappa shape index (κ3) is 5.90. The normalized spacial score (nSPS) is 16.0. The Morgan fingerprint density at radius 1 is 1.24 bits per heavy atom. The number of benzene rings is 1. The van der Waals surface area contributed by atoms with Gasteiger partial charge in [-0.05, 0) is 31.5 Å². The highest BCUT2D eigenvalue weighted by molar-refractivity contribution is 7.89. The van der Waals surface area contributed by atoms with Gasteiger partial charge in [0.2, 0.25) is 10.0 Å². The van der Waals surface area contributed by atoms with Crippen LogP contribution in [0.25, 0.3) is 11.0 Å². The molecule has 0 saturated carbocycles. The van der Waals surface area contributed by atoms with Gasteiger partial charge in [-0.3, -0.25) is 4.79 Å². The molecule has 1 aromatic carbocycles. The summed E-state index contributed by atoms with van der Waals surface area (Å²) in [6.07, 6.45) is 1.25. The van der Waals surface area contributed by atoms with Crippen LogP contribution in [0, 0.1) is 0 Å². The van der Waals surface area contributed by atoms with Crippen LogP contribution in [-0.4, -0.2) is 73.7 Å². The van der Waals surface area contributed by atoms with Gasteiger partial charge in [-0.25, -0.2) is 18.2 Å². The summed E-state index contributed by atoms with van der Waals surface area (Å²) < 4.78 is 44.4. The molecule has 1 atom stereocenters. The van der Waals surface area contributed by atoms with E-state index in [0.717, 1.165) is 18.4 Å². The van der Waals surface area contributed by atoms with Crippen LogP contribution in [0.5, 0.6) is 0 Å². The Balaban J connectivity index is 1.83. The molecule has 2 heterocycles. The van der Waals surface area contributed by atoms with E-state index in [0.29, 0.717) is 50.6 Å². The lowest BCUT2D eigenvalue weighted by molar-refractivity contribution is -0.164. The van der Waals surface area contributed by atoms with Crippen LogP contribution in [0.1, 0.15) is 38.9 Å². The molecule has 1 aliphatic heterocycles. The zero-order valence-electron chi connectivity index (χ0n) is 19.3. The number of aryl methyl sites for hydroxylation is 2. The fourth-order valence-corrected chi connectivity index (χ4v) is 5.13. The van der Waals surface area contributed by atoms with Gasteiger partial charge in [0.15, 0.2) is 6.10 Å². The lowest BCUT2D eigenvalue weighted by Crippen LogP contribution is -2.40. The van der Waals surface area contributed by atoms with Crippen molar-refractivity contribution in [3.05, 3.63) is 24.0 Å². The molecule has 182 valence electrons. The van der Waals surface area contributed by atoms with Crippen molar-refractivity contribution >= 4 is 33.0 Å². The fraction of sp³-hybridized carbons (Fsp3) is 0.591. The second kappa shape index (κ2) is 11.1. The highest BCUT2D eigenvalue weighted by Gasteiger charge is 2.27. The number of methoxy groups -OCH3 is 1. The van der Waals surface area contributed by atoms with E-state index >= 15 is 0 Å².